The van der Waals surface area contributed by atoms with Crippen molar-refractivity contribution in [3.05, 3.63) is 28.2 Å². The van der Waals surface area contributed by atoms with Crippen molar-refractivity contribution < 1.29 is 4.74 Å². The lowest BCUT2D eigenvalue weighted by molar-refractivity contribution is 0.414. The largest absolute Gasteiger partial charge is 0.497 e. The SMILES string of the molecule is COc1ccc(C(N)=S)c(Br)c1. The zero-order valence-corrected chi connectivity index (χ0v) is 8.91. The highest BCUT2D eigenvalue weighted by atomic mass is 79.9. The summed E-state index contributed by atoms with van der Waals surface area (Å²) in [6, 6.07) is 5.47. The fourth-order valence-electron chi connectivity index (χ4n) is 0.823. The molecule has 0 heterocycles. The first-order valence-electron chi connectivity index (χ1n) is 3.28. The Balaban J connectivity index is 3.12. The first-order valence-corrected chi connectivity index (χ1v) is 4.48. The topological polar surface area (TPSA) is 35.2 Å². The van der Waals surface area contributed by atoms with Crippen LogP contribution in [0.1, 0.15) is 5.56 Å². The van der Waals surface area contributed by atoms with Crippen LogP contribution in [0, 0.1) is 0 Å². The molecule has 1 rings (SSSR count). The molecule has 0 unspecified atom stereocenters. The minimum atomic E-state index is 0.379. The molecule has 0 bridgehead atoms. The van der Waals surface area contributed by atoms with Crippen LogP contribution in [-0.2, 0) is 0 Å². The Kier molecular flexibility index (Phi) is 3.05. The van der Waals surface area contributed by atoms with Crippen molar-refractivity contribution in [2.75, 3.05) is 7.11 Å². The molecule has 0 aliphatic rings. The number of nitrogens with two attached hydrogens (primary N) is 1. The third-order valence-electron chi connectivity index (χ3n) is 1.44. The molecule has 0 aliphatic carbocycles. The van der Waals surface area contributed by atoms with Gasteiger partial charge in [0.25, 0.3) is 0 Å². The van der Waals surface area contributed by atoms with Crippen molar-refractivity contribution in [1.29, 1.82) is 0 Å². The van der Waals surface area contributed by atoms with Gasteiger partial charge in [0, 0.05) is 10.0 Å². The van der Waals surface area contributed by atoms with Gasteiger partial charge in [-0.05, 0) is 34.1 Å². The average molecular weight is 246 g/mol. The quantitative estimate of drug-likeness (QED) is 0.811. The van der Waals surface area contributed by atoms with Gasteiger partial charge >= 0.3 is 0 Å². The van der Waals surface area contributed by atoms with E-state index >= 15 is 0 Å². The van der Waals surface area contributed by atoms with Gasteiger partial charge in [0.1, 0.15) is 10.7 Å². The molecule has 0 aromatic heterocycles. The molecule has 1 aromatic carbocycles. The van der Waals surface area contributed by atoms with Gasteiger partial charge in [-0.25, -0.2) is 0 Å². The van der Waals surface area contributed by atoms with Gasteiger partial charge in [-0.3, -0.25) is 0 Å². The summed E-state index contributed by atoms with van der Waals surface area (Å²) in [5, 5.41) is 0. The van der Waals surface area contributed by atoms with Gasteiger partial charge < -0.3 is 10.5 Å². The summed E-state index contributed by atoms with van der Waals surface area (Å²) in [6.07, 6.45) is 0. The Bertz CT molecular complexity index is 314. The third-order valence-corrected chi connectivity index (χ3v) is 2.32. The van der Waals surface area contributed by atoms with E-state index in [1.54, 1.807) is 7.11 Å². The van der Waals surface area contributed by atoms with E-state index in [4.69, 9.17) is 22.7 Å². The minimum Gasteiger partial charge on any atom is -0.497 e. The molecule has 0 fully saturated rings. The summed E-state index contributed by atoms with van der Waals surface area (Å²) < 4.78 is 5.87. The number of ether oxygens (including phenoxy) is 1. The van der Waals surface area contributed by atoms with Gasteiger partial charge in [-0.1, -0.05) is 12.2 Å². The van der Waals surface area contributed by atoms with E-state index in [9.17, 15) is 0 Å². The van der Waals surface area contributed by atoms with Gasteiger partial charge in [0.2, 0.25) is 0 Å². The Labute approximate surface area is 84.8 Å². The number of rotatable bonds is 2. The number of methoxy groups -OCH3 is 1. The maximum absolute atomic E-state index is 5.47. The molecule has 4 heteroatoms. The van der Waals surface area contributed by atoms with E-state index < -0.39 is 0 Å². The van der Waals surface area contributed by atoms with Crippen LogP contribution < -0.4 is 10.5 Å². The fraction of sp³-hybridized carbons (Fsp3) is 0.125. The zero-order valence-electron chi connectivity index (χ0n) is 6.50. The zero-order chi connectivity index (χ0) is 9.14. The van der Waals surface area contributed by atoms with E-state index in [1.165, 1.54) is 0 Å². The van der Waals surface area contributed by atoms with Crippen molar-refractivity contribution in [3.8, 4) is 5.75 Å². The number of benzene rings is 1. The molecule has 0 radical (unpaired) electrons. The summed E-state index contributed by atoms with van der Waals surface area (Å²) in [5.41, 5.74) is 6.29. The second-order valence-electron chi connectivity index (χ2n) is 2.21. The summed E-state index contributed by atoms with van der Waals surface area (Å²) in [7, 11) is 1.61. The molecule has 12 heavy (non-hydrogen) atoms. The van der Waals surface area contributed by atoms with Crippen molar-refractivity contribution >= 4 is 33.1 Å². The summed E-state index contributed by atoms with van der Waals surface area (Å²) in [4.78, 5) is 0.379. The van der Waals surface area contributed by atoms with Crippen LogP contribution in [0.5, 0.6) is 5.75 Å². The average Bonchev–Trinajstić information content (AvgIpc) is 2.03. The Morgan fingerprint density at radius 2 is 2.25 bits per heavy atom. The first kappa shape index (κ1) is 9.48. The highest BCUT2D eigenvalue weighted by Crippen LogP contribution is 2.22. The lowest BCUT2D eigenvalue weighted by atomic mass is 10.2. The maximum Gasteiger partial charge on any atom is 0.120 e. The molecule has 0 spiro atoms. The Morgan fingerprint density at radius 3 is 2.67 bits per heavy atom. The van der Waals surface area contributed by atoms with Crippen LogP contribution in [0.3, 0.4) is 0 Å². The smallest absolute Gasteiger partial charge is 0.120 e. The molecule has 0 saturated carbocycles. The molecule has 2 nitrogen and oxygen atoms in total. The number of halogens is 1. The summed E-state index contributed by atoms with van der Waals surface area (Å²) in [6.45, 7) is 0. The van der Waals surface area contributed by atoms with Crippen LogP contribution in [0.25, 0.3) is 0 Å². The molecule has 0 aliphatic heterocycles. The Hall–Kier alpha value is -0.610. The highest BCUT2D eigenvalue weighted by molar-refractivity contribution is 9.10. The van der Waals surface area contributed by atoms with Crippen LogP contribution in [0.2, 0.25) is 0 Å². The predicted octanol–water partition coefficient (Wildman–Crippen LogP) is 2.09. The minimum absolute atomic E-state index is 0.379. The van der Waals surface area contributed by atoms with Crippen molar-refractivity contribution in [2.45, 2.75) is 0 Å². The van der Waals surface area contributed by atoms with Crippen molar-refractivity contribution in [3.63, 3.8) is 0 Å². The molecule has 0 atom stereocenters. The normalized spacial score (nSPS) is 9.50. The number of hydrogen-bond acceptors (Lipinski definition) is 2. The van der Waals surface area contributed by atoms with E-state index in [0.29, 0.717) is 4.99 Å². The monoisotopic (exact) mass is 245 g/mol. The van der Waals surface area contributed by atoms with E-state index in [-0.39, 0.29) is 0 Å². The second-order valence-corrected chi connectivity index (χ2v) is 3.50. The third kappa shape index (κ3) is 1.95. The van der Waals surface area contributed by atoms with Crippen LogP contribution in [0.4, 0.5) is 0 Å². The predicted molar refractivity (Wildman–Crippen MR) is 56.6 cm³/mol. The molecule has 2 N–H and O–H groups in total. The van der Waals surface area contributed by atoms with Crippen molar-refractivity contribution in [1.82, 2.24) is 0 Å². The van der Waals surface area contributed by atoms with E-state index in [1.807, 2.05) is 18.2 Å². The fourth-order valence-corrected chi connectivity index (χ4v) is 1.70. The molecule has 0 saturated heterocycles. The summed E-state index contributed by atoms with van der Waals surface area (Å²) in [5.74, 6) is 0.780. The van der Waals surface area contributed by atoms with Crippen LogP contribution in [0.15, 0.2) is 22.7 Å². The highest BCUT2D eigenvalue weighted by Gasteiger charge is 2.03. The molecular weight excluding hydrogens is 238 g/mol. The molecular formula is C8H8BrNOS. The van der Waals surface area contributed by atoms with E-state index in [0.717, 1.165) is 15.8 Å². The maximum atomic E-state index is 5.47. The molecule has 1 aromatic rings. The van der Waals surface area contributed by atoms with Gasteiger partial charge in [0.05, 0.1) is 7.11 Å². The molecule has 0 amide bonds. The van der Waals surface area contributed by atoms with E-state index in [2.05, 4.69) is 15.9 Å². The standard InChI is InChI=1S/C8H8BrNOS/c1-11-5-2-3-6(8(10)12)7(9)4-5/h2-4H,1H3,(H2,10,12). The Morgan fingerprint density at radius 1 is 1.58 bits per heavy atom. The first-order chi connectivity index (χ1) is 5.65. The number of thiocarbonyl (C=S) groups is 1. The van der Waals surface area contributed by atoms with Crippen LogP contribution in [-0.4, -0.2) is 12.1 Å². The summed E-state index contributed by atoms with van der Waals surface area (Å²) >= 11 is 8.18. The lowest BCUT2D eigenvalue weighted by Crippen LogP contribution is -2.09. The van der Waals surface area contributed by atoms with Gasteiger partial charge in [0.15, 0.2) is 0 Å². The molecule has 64 valence electrons. The van der Waals surface area contributed by atoms with Crippen LogP contribution >= 0.6 is 28.1 Å². The van der Waals surface area contributed by atoms with Crippen molar-refractivity contribution in [2.24, 2.45) is 5.73 Å². The van der Waals surface area contributed by atoms with Gasteiger partial charge in [-0.2, -0.15) is 0 Å². The number of hydrogen-bond donors (Lipinski definition) is 1. The van der Waals surface area contributed by atoms with Gasteiger partial charge in [-0.15, -0.1) is 0 Å². The second kappa shape index (κ2) is 3.87. The lowest BCUT2D eigenvalue weighted by Gasteiger charge is -2.04.